The van der Waals surface area contributed by atoms with E-state index >= 15 is 0 Å². The molecule has 0 fully saturated rings. The van der Waals surface area contributed by atoms with Crippen LogP contribution in [0.1, 0.15) is 5.71 Å². The molecule has 0 atom stereocenters. The van der Waals surface area contributed by atoms with Crippen LogP contribution in [0.4, 0.5) is 0 Å². The monoisotopic (exact) mass is 756 g/mol. The maximum atomic E-state index is 10.6. The first kappa shape index (κ1) is 66.4. The number of carbonyl (C=O) groups is 8. The van der Waals surface area contributed by atoms with Gasteiger partial charge in [0.15, 0.2) is 0 Å². The molecule has 0 aliphatic carbocycles. The molecule has 46 heavy (non-hydrogen) atoms. The zero-order valence-corrected chi connectivity index (χ0v) is 38.8. The van der Waals surface area contributed by atoms with E-state index in [1.54, 1.807) is 0 Å². The Bertz CT molecular complexity index is 754. The minimum absolute atomic E-state index is 0. The maximum absolute atomic E-state index is 10.6. The first-order valence-corrected chi connectivity index (χ1v) is 11.0. The van der Waals surface area contributed by atoms with Crippen LogP contribution in [0.15, 0.2) is 0 Å². The Hall–Kier alpha value is 2.12. The van der Waals surface area contributed by atoms with Gasteiger partial charge in [0, 0.05) is 52.4 Å². The normalized spacial score (nSPS) is 9.30. The smallest absolute Gasteiger partial charge is 1.00 e. The summed E-state index contributed by atoms with van der Waals surface area (Å²) in [7, 11) is 0. The first-order valence-electron chi connectivity index (χ1n) is 11.0. The summed E-state index contributed by atoms with van der Waals surface area (Å²) < 4.78 is 0. The van der Waals surface area contributed by atoms with Crippen molar-refractivity contribution in [2.24, 2.45) is 0 Å². The van der Waals surface area contributed by atoms with Crippen molar-refractivity contribution < 1.29 is 203 Å². The molecule has 0 bridgehead atoms. The summed E-state index contributed by atoms with van der Waals surface area (Å²) in [6, 6.07) is 0. The molecule has 0 rings (SSSR count). The number of carbonyl (C=O) groups excluding carboxylic acids is 4. The van der Waals surface area contributed by atoms with Crippen molar-refractivity contribution in [3.63, 3.8) is 0 Å². The summed E-state index contributed by atoms with van der Waals surface area (Å²) >= 11 is 0. The third-order valence-electron chi connectivity index (χ3n) is 4.31. The largest absolute Gasteiger partial charge is 2.00 e. The van der Waals surface area contributed by atoms with Crippen LogP contribution in [0, 0.1) is 0 Å². The minimum Gasteiger partial charge on any atom is -1.00 e. The van der Waals surface area contributed by atoms with Gasteiger partial charge in [0.25, 0.3) is 0 Å². The van der Waals surface area contributed by atoms with Crippen LogP contribution < -0.4 is 139 Å². The Morgan fingerprint density at radius 2 is 0.500 bits per heavy atom. The van der Waals surface area contributed by atoms with Gasteiger partial charge in [-0.15, -0.1) is 0 Å². The second kappa shape index (κ2) is 39.9. The quantitative estimate of drug-likeness (QED) is 0.0745. The Kier molecular flexibility index (Phi) is 57.6. The van der Waals surface area contributed by atoms with Gasteiger partial charge in [0.05, 0.1) is 50.1 Å². The first-order chi connectivity index (χ1) is 18.4. The standard InChI is InChI=1S/2C10H16N2O8.2Ca.4Na.4H/c2*13-7(14)3-11(4-8(15)16)1-2-12(5-9(17)18)6-10(19)20;;;;;;;;;;/h2*1-6H2,(H,13,14)(H,15,16)(H,17,18)(H,19,20);;;;;;;;;;/q;;2*+2;4*+1;4*-1/p-4. The summed E-state index contributed by atoms with van der Waals surface area (Å²) in [6.07, 6.45) is 0. The Balaban J connectivity index is -0.0000000481. The molecular weight excluding hydrogens is 724 g/mol. The fourth-order valence-electron chi connectivity index (χ4n) is 2.92. The van der Waals surface area contributed by atoms with Crippen LogP contribution in [-0.4, -0.2) is 242 Å². The molecule has 4 N–H and O–H groups in total. The van der Waals surface area contributed by atoms with Crippen molar-refractivity contribution in [3.05, 3.63) is 0 Å². The second-order valence-electron chi connectivity index (χ2n) is 7.91. The maximum Gasteiger partial charge on any atom is 2.00 e. The van der Waals surface area contributed by atoms with Gasteiger partial charge in [-0.05, 0) is 0 Å². The molecule has 0 unspecified atom stereocenters. The Morgan fingerprint density at radius 1 is 0.370 bits per heavy atom. The van der Waals surface area contributed by atoms with E-state index in [-0.39, 0.29) is 226 Å². The summed E-state index contributed by atoms with van der Waals surface area (Å²) in [5.74, 6) is -11.0. The molecule has 0 aromatic heterocycles. The molecule has 0 aliphatic heterocycles. The van der Waals surface area contributed by atoms with Gasteiger partial charge in [0.2, 0.25) is 0 Å². The molecule has 0 heterocycles. The number of nitrogens with zero attached hydrogens (tertiary/aromatic N) is 4. The molecule has 0 aromatic rings. The molecule has 0 amide bonds. The number of aliphatic carboxylic acids is 8. The number of carboxylic acids is 8. The van der Waals surface area contributed by atoms with E-state index in [9.17, 15) is 58.8 Å². The van der Waals surface area contributed by atoms with Gasteiger partial charge in [-0.1, -0.05) is 0 Å². The van der Waals surface area contributed by atoms with E-state index in [1.807, 2.05) is 0 Å². The molecule has 0 saturated carbocycles. The average Bonchev–Trinajstić information content (AvgIpc) is 2.72. The van der Waals surface area contributed by atoms with Gasteiger partial charge in [-0.2, -0.15) is 0 Å². The average molecular weight is 757 g/mol. The van der Waals surface area contributed by atoms with Gasteiger partial charge in [-0.25, -0.2) is 0 Å². The topological polar surface area (TPSA) is 323 Å². The predicted molar refractivity (Wildman–Crippen MR) is 132 cm³/mol. The van der Waals surface area contributed by atoms with Crippen LogP contribution in [0.3, 0.4) is 0 Å². The third-order valence-corrected chi connectivity index (χ3v) is 4.31. The zero-order valence-electron chi connectivity index (χ0n) is 30.4. The molecular formula is C20H32Ca2N4Na4O16. The Labute approximate surface area is 417 Å². The minimum atomic E-state index is -1.53. The van der Waals surface area contributed by atoms with Crippen LogP contribution in [0.2, 0.25) is 0 Å². The summed E-state index contributed by atoms with van der Waals surface area (Å²) in [5, 5.41) is 76.1. The fourth-order valence-corrected chi connectivity index (χ4v) is 2.92. The van der Waals surface area contributed by atoms with E-state index in [2.05, 4.69) is 0 Å². The molecule has 26 heteroatoms. The molecule has 20 nitrogen and oxygen atoms in total. The van der Waals surface area contributed by atoms with Crippen molar-refractivity contribution in [3.8, 4) is 0 Å². The van der Waals surface area contributed by atoms with Crippen LogP contribution in [0.5, 0.6) is 0 Å². The zero-order chi connectivity index (χ0) is 31.4. The van der Waals surface area contributed by atoms with Gasteiger partial charge in [0.1, 0.15) is 0 Å². The second-order valence-corrected chi connectivity index (χ2v) is 7.91. The van der Waals surface area contributed by atoms with Crippen LogP contribution >= 0.6 is 0 Å². The van der Waals surface area contributed by atoms with E-state index in [4.69, 9.17) is 20.4 Å². The molecule has 236 valence electrons. The number of hydrogen-bond acceptors (Lipinski definition) is 16. The summed E-state index contributed by atoms with van der Waals surface area (Å²) in [6.45, 7) is -5.50. The molecule has 0 aliphatic rings. The van der Waals surface area contributed by atoms with Crippen molar-refractivity contribution in [2.45, 2.75) is 0 Å². The summed E-state index contributed by atoms with van der Waals surface area (Å²) in [4.78, 5) is 87.8. The van der Waals surface area contributed by atoms with Crippen LogP contribution in [0.25, 0.3) is 0 Å². The van der Waals surface area contributed by atoms with Crippen molar-refractivity contribution in [1.82, 2.24) is 19.6 Å². The van der Waals surface area contributed by atoms with Gasteiger partial charge < -0.3 is 65.7 Å². The number of hydrogen-bond donors (Lipinski definition) is 4. The van der Waals surface area contributed by atoms with Gasteiger partial charge >= 0.3 is 218 Å². The number of rotatable bonds is 22. The molecule has 0 aromatic carbocycles. The van der Waals surface area contributed by atoms with E-state index in [1.165, 1.54) is 0 Å². The summed E-state index contributed by atoms with van der Waals surface area (Å²) in [5.41, 5.74) is 0. The van der Waals surface area contributed by atoms with Crippen LogP contribution in [-0.2, 0) is 38.4 Å². The van der Waals surface area contributed by atoms with Crippen molar-refractivity contribution in [2.75, 3.05) is 78.5 Å². The molecule has 0 saturated heterocycles. The Morgan fingerprint density at radius 3 is 0.609 bits per heavy atom. The van der Waals surface area contributed by atoms with E-state index in [0.29, 0.717) is 0 Å². The SMILES string of the molecule is O=C(O)CN(CCN(CC(=O)O)CC(=O)O)CC(=O)O.O=C([O-])CN(CCN(CC(=O)[O-])CC(=O)[O-])CC(=O)[O-].[Ca+2].[Ca+2].[H-].[H-].[H-].[H-].[Na+].[Na+].[Na+].[Na+]. The van der Waals surface area contributed by atoms with E-state index in [0.717, 1.165) is 19.6 Å². The van der Waals surface area contributed by atoms with Gasteiger partial charge in [-0.3, -0.25) is 38.8 Å². The van der Waals surface area contributed by atoms with Crippen molar-refractivity contribution >= 4 is 123 Å². The van der Waals surface area contributed by atoms with Crippen molar-refractivity contribution in [1.29, 1.82) is 0 Å². The molecule has 0 radical (unpaired) electrons. The molecule has 0 spiro atoms. The third kappa shape index (κ3) is 48.2. The van der Waals surface area contributed by atoms with E-state index < -0.39 is 100 Å². The fraction of sp³-hybridized carbons (Fsp3) is 0.600. The predicted octanol–water partition coefficient (Wildman–Crippen LogP) is -21.8. The number of carboxylic acid groups (broad SMARTS) is 8.